The van der Waals surface area contributed by atoms with Gasteiger partial charge in [-0.05, 0) is 29.0 Å². The van der Waals surface area contributed by atoms with E-state index in [-0.39, 0.29) is 0 Å². The Kier molecular flexibility index (Phi) is 3.57. The van der Waals surface area contributed by atoms with Crippen LogP contribution in [0, 0.1) is 0 Å². The standard InChI is InChI=1S/C14H20O/c1-6-11-7-12(9(2)3)8-13(10(4)5)14(11)15/h6-10,15H,1H2,2-5H3. The molecular weight excluding hydrogens is 184 g/mol. The molecule has 0 spiro atoms. The lowest BCUT2D eigenvalue weighted by atomic mass is 9.92. The van der Waals surface area contributed by atoms with E-state index in [0.29, 0.717) is 17.6 Å². The smallest absolute Gasteiger partial charge is 0.126 e. The van der Waals surface area contributed by atoms with Gasteiger partial charge in [0.2, 0.25) is 0 Å². The Morgan fingerprint density at radius 2 is 1.73 bits per heavy atom. The van der Waals surface area contributed by atoms with E-state index >= 15 is 0 Å². The molecular formula is C14H20O. The lowest BCUT2D eigenvalue weighted by Crippen LogP contribution is -1.96. The Morgan fingerprint density at radius 3 is 2.13 bits per heavy atom. The van der Waals surface area contributed by atoms with Crippen LogP contribution in [0.5, 0.6) is 5.75 Å². The Bertz CT molecular complexity index is 362. The first-order chi connectivity index (χ1) is 6.97. The maximum absolute atomic E-state index is 9.99. The average Bonchev–Trinajstić information content (AvgIpc) is 2.17. The third kappa shape index (κ3) is 2.41. The third-order valence-electron chi connectivity index (χ3n) is 2.70. The summed E-state index contributed by atoms with van der Waals surface area (Å²) in [5, 5.41) is 9.99. The van der Waals surface area contributed by atoms with Gasteiger partial charge in [0.25, 0.3) is 0 Å². The molecule has 1 aromatic carbocycles. The van der Waals surface area contributed by atoms with E-state index < -0.39 is 0 Å². The number of benzene rings is 1. The van der Waals surface area contributed by atoms with Gasteiger partial charge < -0.3 is 5.11 Å². The lowest BCUT2D eigenvalue weighted by molar-refractivity contribution is 0.463. The van der Waals surface area contributed by atoms with E-state index in [1.54, 1.807) is 6.08 Å². The van der Waals surface area contributed by atoms with E-state index in [1.165, 1.54) is 5.56 Å². The number of hydrogen-bond donors (Lipinski definition) is 1. The zero-order valence-electron chi connectivity index (χ0n) is 10.0. The lowest BCUT2D eigenvalue weighted by Gasteiger charge is -2.15. The molecule has 1 rings (SSSR count). The number of phenolic OH excluding ortho intramolecular Hbond substituents is 1. The van der Waals surface area contributed by atoms with Crippen LogP contribution in [0.4, 0.5) is 0 Å². The van der Waals surface area contributed by atoms with Gasteiger partial charge in [0.05, 0.1) is 0 Å². The molecule has 1 nitrogen and oxygen atoms in total. The predicted molar refractivity (Wildman–Crippen MR) is 66.4 cm³/mol. The topological polar surface area (TPSA) is 20.2 Å². The summed E-state index contributed by atoms with van der Waals surface area (Å²) in [4.78, 5) is 0. The van der Waals surface area contributed by atoms with Crippen LogP contribution in [0.15, 0.2) is 18.7 Å². The van der Waals surface area contributed by atoms with Gasteiger partial charge >= 0.3 is 0 Å². The van der Waals surface area contributed by atoms with Crippen molar-refractivity contribution >= 4 is 6.08 Å². The highest BCUT2D eigenvalue weighted by Crippen LogP contribution is 2.33. The first kappa shape index (κ1) is 11.8. The molecule has 0 amide bonds. The second-order valence-corrected chi connectivity index (χ2v) is 4.56. The van der Waals surface area contributed by atoms with Crippen LogP contribution in [-0.4, -0.2) is 5.11 Å². The zero-order valence-corrected chi connectivity index (χ0v) is 10.0. The van der Waals surface area contributed by atoms with Crippen molar-refractivity contribution in [3.63, 3.8) is 0 Å². The molecule has 0 aliphatic rings. The summed E-state index contributed by atoms with van der Waals surface area (Å²) in [5.41, 5.74) is 3.10. The van der Waals surface area contributed by atoms with Crippen LogP contribution in [0.2, 0.25) is 0 Å². The molecule has 0 bridgehead atoms. The van der Waals surface area contributed by atoms with E-state index in [9.17, 15) is 5.11 Å². The zero-order chi connectivity index (χ0) is 11.6. The van der Waals surface area contributed by atoms with Gasteiger partial charge in [-0.3, -0.25) is 0 Å². The van der Waals surface area contributed by atoms with Crippen LogP contribution in [0.25, 0.3) is 6.08 Å². The van der Waals surface area contributed by atoms with Gasteiger partial charge in [0.1, 0.15) is 5.75 Å². The Morgan fingerprint density at radius 1 is 1.13 bits per heavy atom. The minimum atomic E-state index is 0.336. The summed E-state index contributed by atoms with van der Waals surface area (Å²) < 4.78 is 0. The summed E-state index contributed by atoms with van der Waals surface area (Å²) >= 11 is 0. The number of phenols is 1. The van der Waals surface area contributed by atoms with Gasteiger partial charge in [-0.1, -0.05) is 46.4 Å². The molecule has 0 atom stereocenters. The van der Waals surface area contributed by atoms with Crippen molar-refractivity contribution in [1.82, 2.24) is 0 Å². The van der Waals surface area contributed by atoms with Crippen LogP contribution in [0.3, 0.4) is 0 Å². The van der Waals surface area contributed by atoms with E-state index in [2.05, 4.69) is 40.3 Å². The van der Waals surface area contributed by atoms with Crippen LogP contribution in [-0.2, 0) is 0 Å². The monoisotopic (exact) mass is 204 g/mol. The van der Waals surface area contributed by atoms with Gasteiger partial charge in [0.15, 0.2) is 0 Å². The molecule has 0 aliphatic carbocycles. The number of rotatable bonds is 3. The van der Waals surface area contributed by atoms with Crippen molar-refractivity contribution < 1.29 is 5.11 Å². The Balaban J connectivity index is 3.38. The second kappa shape index (κ2) is 4.52. The van der Waals surface area contributed by atoms with Gasteiger partial charge in [-0.15, -0.1) is 0 Å². The maximum atomic E-state index is 9.99. The highest BCUT2D eigenvalue weighted by atomic mass is 16.3. The maximum Gasteiger partial charge on any atom is 0.126 e. The first-order valence-corrected chi connectivity index (χ1v) is 5.46. The quantitative estimate of drug-likeness (QED) is 0.779. The van der Waals surface area contributed by atoms with Gasteiger partial charge in [0, 0.05) is 5.56 Å². The minimum Gasteiger partial charge on any atom is -0.507 e. The van der Waals surface area contributed by atoms with Crippen molar-refractivity contribution in [2.45, 2.75) is 39.5 Å². The van der Waals surface area contributed by atoms with Crippen molar-refractivity contribution in [2.75, 3.05) is 0 Å². The number of aromatic hydroxyl groups is 1. The van der Waals surface area contributed by atoms with Crippen LogP contribution in [0.1, 0.15) is 56.2 Å². The van der Waals surface area contributed by atoms with Gasteiger partial charge in [-0.25, -0.2) is 0 Å². The summed E-state index contributed by atoms with van der Waals surface area (Å²) in [6.45, 7) is 12.2. The molecule has 0 saturated heterocycles. The predicted octanol–water partition coefficient (Wildman–Crippen LogP) is 4.28. The van der Waals surface area contributed by atoms with Crippen LogP contribution >= 0.6 is 0 Å². The third-order valence-corrected chi connectivity index (χ3v) is 2.70. The Labute approximate surface area is 92.5 Å². The fourth-order valence-electron chi connectivity index (χ4n) is 1.63. The Hall–Kier alpha value is -1.24. The molecule has 0 radical (unpaired) electrons. The summed E-state index contributed by atoms with van der Waals surface area (Å²) in [6.07, 6.45) is 1.72. The summed E-state index contributed by atoms with van der Waals surface area (Å²) in [6, 6.07) is 4.11. The fourth-order valence-corrected chi connectivity index (χ4v) is 1.63. The average molecular weight is 204 g/mol. The first-order valence-electron chi connectivity index (χ1n) is 5.46. The van der Waals surface area contributed by atoms with E-state index in [1.807, 2.05) is 6.07 Å². The number of hydrogen-bond acceptors (Lipinski definition) is 1. The second-order valence-electron chi connectivity index (χ2n) is 4.56. The van der Waals surface area contributed by atoms with Crippen molar-refractivity contribution in [2.24, 2.45) is 0 Å². The molecule has 1 N–H and O–H groups in total. The SMILES string of the molecule is C=Cc1cc(C(C)C)cc(C(C)C)c1O. The summed E-state index contributed by atoms with van der Waals surface area (Å²) in [5.74, 6) is 1.19. The molecule has 0 unspecified atom stereocenters. The molecule has 1 heteroatoms. The molecule has 0 fully saturated rings. The minimum absolute atomic E-state index is 0.336. The van der Waals surface area contributed by atoms with E-state index in [4.69, 9.17) is 0 Å². The fraction of sp³-hybridized carbons (Fsp3) is 0.429. The summed E-state index contributed by atoms with van der Waals surface area (Å²) in [7, 11) is 0. The van der Waals surface area contributed by atoms with Crippen LogP contribution < -0.4 is 0 Å². The molecule has 0 saturated carbocycles. The molecule has 0 aliphatic heterocycles. The van der Waals surface area contributed by atoms with Crippen molar-refractivity contribution in [3.8, 4) is 5.75 Å². The molecule has 82 valence electrons. The normalized spacial score (nSPS) is 11.1. The van der Waals surface area contributed by atoms with Crippen molar-refractivity contribution in [1.29, 1.82) is 0 Å². The van der Waals surface area contributed by atoms with E-state index in [0.717, 1.165) is 11.1 Å². The largest absolute Gasteiger partial charge is 0.507 e. The molecule has 15 heavy (non-hydrogen) atoms. The van der Waals surface area contributed by atoms with Gasteiger partial charge in [-0.2, -0.15) is 0 Å². The highest BCUT2D eigenvalue weighted by molar-refractivity contribution is 5.60. The van der Waals surface area contributed by atoms with Crippen molar-refractivity contribution in [3.05, 3.63) is 35.4 Å². The molecule has 0 heterocycles. The molecule has 0 aromatic heterocycles. The highest BCUT2D eigenvalue weighted by Gasteiger charge is 2.12. The molecule has 1 aromatic rings.